The molecule has 0 fully saturated rings. The lowest BCUT2D eigenvalue weighted by molar-refractivity contribution is 0.205. The number of aromatic nitrogens is 4. The molecule has 2 aromatic heterocycles. The van der Waals surface area contributed by atoms with Crippen LogP contribution in [0.3, 0.4) is 0 Å². The monoisotopic (exact) mass is 320 g/mol. The van der Waals surface area contributed by atoms with Crippen molar-refractivity contribution in [3.8, 4) is 0 Å². The van der Waals surface area contributed by atoms with Gasteiger partial charge < -0.3 is 14.7 Å². The zero-order valence-corrected chi connectivity index (χ0v) is 14.5. The van der Waals surface area contributed by atoms with Gasteiger partial charge in [0, 0.05) is 45.2 Å². The number of aryl methyl sites for hydroxylation is 3. The first-order valence-electron chi connectivity index (χ1n) is 7.60. The lowest BCUT2D eigenvalue weighted by Gasteiger charge is -2.21. The fourth-order valence-electron chi connectivity index (χ4n) is 2.60. The van der Waals surface area contributed by atoms with Gasteiger partial charge in [-0.1, -0.05) is 5.16 Å². The number of hydrogen-bond donors (Lipinski definition) is 1. The smallest absolute Gasteiger partial charge is 0.317 e. The summed E-state index contributed by atoms with van der Waals surface area (Å²) in [5.41, 5.74) is 3.05. The van der Waals surface area contributed by atoms with Crippen LogP contribution in [0.4, 0.5) is 4.79 Å². The van der Waals surface area contributed by atoms with Crippen LogP contribution in [-0.4, -0.2) is 44.4 Å². The minimum atomic E-state index is -0.139. The van der Waals surface area contributed by atoms with Crippen molar-refractivity contribution >= 4 is 6.03 Å². The molecule has 0 saturated carbocycles. The Morgan fingerprint density at radius 3 is 2.61 bits per heavy atom. The van der Waals surface area contributed by atoms with Gasteiger partial charge in [0.1, 0.15) is 0 Å². The number of hydrogen-bond acceptors (Lipinski definition) is 5. The first-order chi connectivity index (χ1) is 10.8. The first kappa shape index (κ1) is 17.0. The summed E-state index contributed by atoms with van der Waals surface area (Å²) >= 11 is 0. The molecule has 0 aromatic carbocycles. The standard InChI is InChI=1S/C15H24N6O2/c1-9(14-10(2)18-21(6)11(14)3)16-15(22)20(5)8-7-13-17-12(4)23-19-13/h9H,7-8H2,1-6H3,(H,16,22)/t9-/m0/s1. The molecule has 0 bridgehead atoms. The van der Waals surface area contributed by atoms with Crippen LogP contribution in [0, 0.1) is 20.8 Å². The first-order valence-corrected chi connectivity index (χ1v) is 7.60. The third kappa shape index (κ3) is 3.88. The number of amides is 2. The highest BCUT2D eigenvalue weighted by Gasteiger charge is 2.19. The van der Waals surface area contributed by atoms with Crippen molar-refractivity contribution in [3.05, 3.63) is 28.7 Å². The summed E-state index contributed by atoms with van der Waals surface area (Å²) in [6, 6.07) is -0.244. The van der Waals surface area contributed by atoms with E-state index < -0.39 is 0 Å². The summed E-state index contributed by atoms with van der Waals surface area (Å²) in [7, 11) is 3.65. The van der Waals surface area contributed by atoms with Crippen LogP contribution in [0.2, 0.25) is 0 Å². The maximum Gasteiger partial charge on any atom is 0.317 e. The zero-order chi connectivity index (χ0) is 17.1. The molecule has 0 radical (unpaired) electrons. The summed E-state index contributed by atoms with van der Waals surface area (Å²) < 4.78 is 6.75. The topological polar surface area (TPSA) is 89.1 Å². The highest BCUT2D eigenvalue weighted by Crippen LogP contribution is 2.20. The van der Waals surface area contributed by atoms with E-state index in [1.165, 1.54) is 0 Å². The van der Waals surface area contributed by atoms with Crippen molar-refractivity contribution in [2.24, 2.45) is 7.05 Å². The van der Waals surface area contributed by atoms with Gasteiger partial charge in [-0.2, -0.15) is 10.1 Å². The lowest BCUT2D eigenvalue weighted by Crippen LogP contribution is -2.39. The van der Waals surface area contributed by atoms with Gasteiger partial charge in [-0.05, 0) is 20.8 Å². The molecule has 8 nitrogen and oxygen atoms in total. The molecule has 23 heavy (non-hydrogen) atoms. The zero-order valence-electron chi connectivity index (χ0n) is 14.5. The van der Waals surface area contributed by atoms with Gasteiger partial charge in [0.25, 0.3) is 0 Å². The maximum absolute atomic E-state index is 12.3. The highest BCUT2D eigenvalue weighted by atomic mass is 16.5. The van der Waals surface area contributed by atoms with Gasteiger partial charge in [0.2, 0.25) is 5.89 Å². The number of nitrogens with one attached hydrogen (secondary N) is 1. The molecule has 126 valence electrons. The summed E-state index contributed by atoms with van der Waals surface area (Å²) in [5.74, 6) is 1.14. The number of urea groups is 1. The van der Waals surface area contributed by atoms with Crippen molar-refractivity contribution in [2.75, 3.05) is 13.6 Å². The Bertz CT molecular complexity index is 690. The van der Waals surface area contributed by atoms with Crippen molar-refractivity contribution in [3.63, 3.8) is 0 Å². The molecule has 2 amide bonds. The molecule has 1 N–H and O–H groups in total. The molecular weight excluding hydrogens is 296 g/mol. The third-order valence-corrected chi connectivity index (χ3v) is 3.93. The van der Waals surface area contributed by atoms with E-state index in [4.69, 9.17) is 4.52 Å². The Labute approximate surface area is 135 Å². The molecule has 0 aliphatic rings. The predicted octanol–water partition coefficient (Wildman–Crippen LogP) is 1.67. The summed E-state index contributed by atoms with van der Waals surface area (Å²) in [6.45, 7) is 8.18. The molecule has 2 heterocycles. The largest absolute Gasteiger partial charge is 0.340 e. The molecule has 0 saturated heterocycles. The summed E-state index contributed by atoms with van der Waals surface area (Å²) in [6.07, 6.45) is 0.556. The van der Waals surface area contributed by atoms with E-state index in [1.54, 1.807) is 18.9 Å². The third-order valence-electron chi connectivity index (χ3n) is 3.93. The minimum absolute atomic E-state index is 0.105. The summed E-state index contributed by atoms with van der Waals surface area (Å²) in [5, 5.41) is 11.2. The molecule has 1 atom stereocenters. The molecule has 0 aliphatic heterocycles. The van der Waals surface area contributed by atoms with Crippen molar-refractivity contribution in [1.29, 1.82) is 0 Å². The van der Waals surface area contributed by atoms with Crippen LogP contribution in [0.1, 0.15) is 41.6 Å². The fourth-order valence-corrected chi connectivity index (χ4v) is 2.60. The fraction of sp³-hybridized carbons (Fsp3) is 0.600. The van der Waals surface area contributed by atoms with Crippen LogP contribution in [0.5, 0.6) is 0 Å². The normalized spacial score (nSPS) is 12.3. The lowest BCUT2D eigenvalue weighted by atomic mass is 10.1. The Balaban J connectivity index is 1.92. The molecular formula is C15H24N6O2. The Morgan fingerprint density at radius 1 is 1.39 bits per heavy atom. The predicted molar refractivity (Wildman–Crippen MR) is 85.0 cm³/mol. The molecule has 2 aromatic rings. The average Bonchev–Trinajstić information content (AvgIpc) is 3.00. The van der Waals surface area contributed by atoms with Gasteiger partial charge in [0.15, 0.2) is 5.82 Å². The van der Waals surface area contributed by atoms with Gasteiger partial charge in [-0.25, -0.2) is 4.79 Å². The van der Waals surface area contributed by atoms with E-state index in [0.29, 0.717) is 24.7 Å². The molecule has 0 unspecified atom stereocenters. The number of carbonyl (C=O) groups is 1. The second kappa shape index (κ2) is 6.80. The van der Waals surface area contributed by atoms with Gasteiger partial charge in [0.05, 0.1) is 11.7 Å². The molecule has 2 rings (SSSR count). The van der Waals surface area contributed by atoms with E-state index in [2.05, 4.69) is 20.6 Å². The van der Waals surface area contributed by atoms with E-state index >= 15 is 0 Å². The van der Waals surface area contributed by atoms with Crippen molar-refractivity contribution in [1.82, 2.24) is 30.1 Å². The molecule has 8 heteroatoms. The average molecular weight is 320 g/mol. The van der Waals surface area contributed by atoms with Crippen LogP contribution in [-0.2, 0) is 13.5 Å². The second-order valence-electron chi connectivity index (χ2n) is 5.78. The summed E-state index contributed by atoms with van der Waals surface area (Å²) in [4.78, 5) is 18.0. The number of likely N-dealkylation sites (N-methyl/N-ethyl adjacent to an activating group) is 1. The number of nitrogens with zero attached hydrogens (tertiary/aromatic N) is 5. The Hall–Kier alpha value is -2.38. The van der Waals surface area contributed by atoms with Crippen molar-refractivity contribution < 1.29 is 9.32 Å². The molecule has 0 spiro atoms. The minimum Gasteiger partial charge on any atom is -0.340 e. The van der Waals surface area contributed by atoms with Gasteiger partial charge in [-0.15, -0.1) is 0 Å². The van der Waals surface area contributed by atoms with E-state index in [1.807, 2.05) is 32.5 Å². The van der Waals surface area contributed by atoms with Crippen LogP contribution >= 0.6 is 0 Å². The van der Waals surface area contributed by atoms with Gasteiger partial charge in [-0.3, -0.25) is 4.68 Å². The quantitative estimate of drug-likeness (QED) is 0.905. The van der Waals surface area contributed by atoms with Crippen LogP contribution in [0.25, 0.3) is 0 Å². The highest BCUT2D eigenvalue weighted by molar-refractivity contribution is 5.74. The number of carbonyl (C=O) groups excluding carboxylic acids is 1. The van der Waals surface area contributed by atoms with Gasteiger partial charge >= 0.3 is 6.03 Å². The second-order valence-corrected chi connectivity index (χ2v) is 5.78. The number of rotatable bonds is 5. The Morgan fingerprint density at radius 2 is 2.09 bits per heavy atom. The van der Waals surface area contributed by atoms with E-state index in [0.717, 1.165) is 17.0 Å². The maximum atomic E-state index is 12.3. The van der Waals surface area contributed by atoms with Crippen molar-refractivity contribution in [2.45, 2.75) is 40.2 Å². The van der Waals surface area contributed by atoms with Crippen LogP contribution < -0.4 is 5.32 Å². The SMILES string of the molecule is Cc1nc(CCN(C)C(=O)N[C@@H](C)c2c(C)nn(C)c2C)no1. The van der Waals surface area contributed by atoms with Crippen LogP contribution in [0.15, 0.2) is 4.52 Å². The van der Waals surface area contributed by atoms with E-state index in [-0.39, 0.29) is 12.1 Å². The van der Waals surface area contributed by atoms with E-state index in [9.17, 15) is 4.79 Å². The Kier molecular flexibility index (Phi) is 5.02. The molecule has 0 aliphatic carbocycles.